The molecule has 3 rings (SSSR count). The van der Waals surface area contributed by atoms with Crippen molar-refractivity contribution in [2.24, 2.45) is 0 Å². The summed E-state index contributed by atoms with van der Waals surface area (Å²) in [7, 11) is 0. The molecule has 2 heterocycles. The molecule has 0 radical (unpaired) electrons. The lowest BCUT2D eigenvalue weighted by atomic mass is 10.2. The molecule has 0 saturated heterocycles. The lowest BCUT2D eigenvalue weighted by Gasteiger charge is -2.06. The summed E-state index contributed by atoms with van der Waals surface area (Å²) in [6.45, 7) is 0.599. The average Bonchev–Trinajstić information content (AvgIpc) is 3.06. The van der Waals surface area contributed by atoms with Gasteiger partial charge in [0, 0.05) is 6.54 Å². The van der Waals surface area contributed by atoms with Crippen LogP contribution in [0, 0.1) is 11.3 Å². The first-order chi connectivity index (χ1) is 11.7. The molecule has 1 amide bonds. The van der Waals surface area contributed by atoms with Crippen LogP contribution in [0.3, 0.4) is 0 Å². The number of thioether (sulfide) groups is 1. The fourth-order valence-electron chi connectivity index (χ4n) is 1.97. The minimum atomic E-state index is -0.163. The number of aromatic nitrogens is 2. The number of fused-ring (bicyclic) bond motifs is 1. The topological polar surface area (TPSA) is 123 Å². The van der Waals surface area contributed by atoms with E-state index >= 15 is 0 Å². The third-order valence-electron chi connectivity index (χ3n) is 3.18. The standard InChI is InChI=1S/C15H13N5O3S/c16-4-10-6-19-15(20-14(10)17)24-7-13(21)18-5-9-1-2-11-12(3-9)23-8-22-11/h1-3,6H,5,7-8H2,(H,18,21)(H2,17,19,20). The molecular weight excluding hydrogens is 330 g/mol. The minimum Gasteiger partial charge on any atom is -0.454 e. The summed E-state index contributed by atoms with van der Waals surface area (Å²) >= 11 is 1.15. The van der Waals surface area contributed by atoms with Gasteiger partial charge in [0.15, 0.2) is 16.7 Å². The molecule has 0 aliphatic carbocycles. The second-order valence-electron chi connectivity index (χ2n) is 4.82. The van der Waals surface area contributed by atoms with Crippen LogP contribution in [0.2, 0.25) is 0 Å². The number of nitrogens with one attached hydrogen (secondary N) is 1. The van der Waals surface area contributed by atoms with Crippen molar-refractivity contribution in [1.29, 1.82) is 5.26 Å². The molecule has 3 N–H and O–H groups in total. The molecule has 24 heavy (non-hydrogen) atoms. The number of hydrogen-bond acceptors (Lipinski definition) is 8. The Hall–Kier alpha value is -2.99. The molecule has 0 atom stereocenters. The summed E-state index contributed by atoms with van der Waals surface area (Å²) in [5.74, 6) is 1.48. The molecular formula is C15H13N5O3S. The largest absolute Gasteiger partial charge is 0.454 e. The highest BCUT2D eigenvalue weighted by Crippen LogP contribution is 2.32. The number of nitrogens with two attached hydrogens (primary N) is 1. The molecule has 0 unspecified atom stereocenters. The molecule has 1 aromatic carbocycles. The van der Waals surface area contributed by atoms with E-state index in [9.17, 15) is 4.79 Å². The Morgan fingerprint density at radius 3 is 3.04 bits per heavy atom. The fraction of sp³-hybridized carbons (Fsp3) is 0.200. The van der Waals surface area contributed by atoms with Crippen molar-refractivity contribution < 1.29 is 14.3 Å². The minimum absolute atomic E-state index is 0.107. The van der Waals surface area contributed by atoms with Gasteiger partial charge >= 0.3 is 0 Å². The Balaban J connectivity index is 1.49. The van der Waals surface area contributed by atoms with E-state index in [-0.39, 0.29) is 29.8 Å². The Bertz CT molecular complexity index is 804. The zero-order chi connectivity index (χ0) is 16.9. The van der Waals surface area contributed by atoms with Gasteiger partial charge in [-0.3, -0.25) is 4.79 Å². The van der Waals surface area contributed by atoms with Gasteiger partial charge in [-0.15, -0.1) is 0 Å². The smallest absolute Gasteiger partial charge is 0.231 e. The molecule has 2 aromatic rings. The van der Waals surface area contributed by atoms with Gasteiger partial charge in [-0.05, 0) is 17.7 Å². The van der Waals surface area contributed by atoms with E-state index in [2.05, 4.69) is 15.3 Å². The van der Waals surface area contributed by atoms with Gasteiger partial charge < -0.3 is 20.5 Å². The molecule has 1 aliphatic rings. The number of carbonyl (C=O) groups is 1. The van der Waals surface area contributed by atoms with Crippen molar-refractivity contribution >= 4 is 23.5 Å². The summed E-state index contributed by atoms with van der Waals surface area (Å²) in [6, 6.07) is 7.40. The first-order valence-electron chi connectivity index (χ1n) is 6.96. The maximum Gasteiger partial charge on any atom is 0.231 e. The SMILES string of the molecule is N#Cc1cnc(SCC(=O)NCc2ccc3c(c2)OCO3)nc1N. The summed E-state index contributed by atoms with van der Waals surface area (Å²) in [4.78, 5) is 19.9. The number of benzene rings is 1. The fourth-order valence-corrected chi connectivity index (χ4v) is 2.62. The van der Waals surface area contributed by atoms with E-state index in [0.717, 1.165) is 17.3 Å². The predicted molar refractivity (Wildman–Crippen MR) is 86.3 cm³/mol. The highest BCUT2D eigenvalue weighted by Gasteiger charge is 2.13. The molecule has 1 aliphatic heterocycles. The van der Waals surface area contributed by atoms with Crippen LogP contribution in [-0.4, -0.2) is 28.4 Å². The Morgan fingerprint density at radius 1 is 1.42 bits per heavy atom. The van der Waals surface area contributed by atoms with Crippen LogP contribution in [0.4, 0.5) is 5.82 Å². The molecule has 0 bridgehead atoms. The number of amides is 1. The highest BCUT2D eigenvalue weighted by molar-refractivity contribution is 7.99. The van der Waals surface area contributed by atoms with E-state index in [1.165, 1.54) is 6.20 Å². The zero-order valence-electron chi connectivity index (χ0n) is 12.5. The number of hydrogen-bond donors (Lipinski definition) is 2. The number of nitriles is 1. The van der Waals surface area contributed by atoms with Gasteiger partial charge in [-0.1, -0.05) is 17.8 Å². The summed E-state index contributed by atoms with van der Waals surface area (Å²) in [5, 5.41) is 11.9. The number of ether oxygens (including phenoxy) is 2. The average molecular weight is 343 g/mol. The lowest BCUT2D eigenvalue weighted by molar-refractivity contribution is -0.118. The number of nitrogens with zero attached hydrogens (tertiary/aromatic N) is 3. The van der Waals surface area contributed by atoms with E-state index in [1.807, 2.05) is 24.3 Å². The highest BCUT2D eigenvalue weighted by atomic mass is 32.2. The monoisotopic (exact) mass is 343 g/mol. The quantitative estimate of drug-likeness (QED) is 0.610. The van der Waals surface area contributed by atoms with Crippen LogP contribution >= 0.6 is 11.8 Å². The van der Waals surface area contributed by atoms with Crippen molar-refractivity contribution in [2.75, 3.05) is 18.3 Å². The van der Waals surface area contributed by atoms with Crippen LogP contribution in [0.15, 0.2) is 29.6 Å². The van der Waals surface area contributed by atoms with Crippen molar-refractivity contribution in [3.8, 4) is 17.6 Å². The normalized spacial score (nSPS) is 11.8. The second-order valence-corrected chi connectivity index (χ2v) is 5.76. The zero-order valence-corrected chi connectivity index (χ0v) is 13.3. The van der Waals surface area contributed by atoms with Gasteiger partial charge in [0.25, 0.3) is 0 Å². The van der Waals surface area contributed by atoms with Crippen LogP contribution in [0.5, 0.6) is 11.5 Å². The van der Waals surface area contributed by atoms with Gasteiger partial charge in [-0.25, -0.2) is 9.97 Å². The first-order valence-corrected chi connectivity index (χ1v) is 7.95. The first kappa shape index (κ1) is 15.9. The Morgan fingerprint density at radius 2 is 2.25 bits per heavy atom. The van der Waals surface area contributed by atoms with E-state index in [4.69, 9.17) is 20.5 Å². The van der Waals surface area contributed by atoms with E-state index in [1.54, 1.807) is 0 Å². The maximum atomic E-state index is 11.9. The van der Waals surface area contributed by atoms with Crippen molar-refractivity contribution in [3.05, 3.63) is 35.5 Å². The molecule has 0 spiro atoms. The van der Waals surface area contributed by atoms with Gasteiger partial charge in [0.2, 0.25) is 12.7 Å². The predicted octanol–water partition coefficient (Wildman–Crippen LogP) is 1.07. The molecule has 0 fully saturated rings. The number of anilines is 1. The summed E-state index contributed by atoms with van der Waals surface area (Å²) in [5.41, 5.74) is 6.74. The van der Waals surface area contributed by atoms with Crippen LogP contribution in [0.25, 0.3) is 0 Å². The van der Waals surface area contributed by atoms with Crippen molar-refractivity contribution in [1.82, 2.24) is 15.3 Å². The molecule has 122 valence electrons. The third-order valence-corrected chi connectivity index (χ3v) is 4.04. The number of nitrogen functional groups attached to an aromatic ring is 1. The van der Waals surface area contributed by atoms with Crippen LogP contribution in [-0.2, 0) is 11.3 Å². The second kappa shape index (κ2) is 7.06. The number of carbonyl (C=O) groups excluding carboxylic acids is 1. The molecule has 0 saturated carbocycles. The van der Waals surface area contributed by atoms with E-state index in [0.29, 0.717) is 23.2 Å². The Labute approximate surface area is 142 Å². The van der Waals surface area contributed by atoms with Gasteiger partial charge in [0.05, 0.1) is 11.9 Å². The van der Waals surface area contributed by atoms with Crippen molar-refractivity contribution in [2.45, 2.75) is 11.7 Å². The van der Waals surface area contributed by atoms with E-state index < -0.39 is 0 Å². The summed E-state index contributed by atoms with van der Waals surface area (Å²) < 4.78 is 10.5. The maximum absolute atomic E-state index is 11.9. The van der Waals surface area contributed by atoms with Crippen molar-refractivity contribution in [3.63, 3.8) is 0 Å². The molecule has 1 aromatic heterocycles. The lowest BCUT2D eigenvalue weighted by Crippen LogP contribution is -2.24. The number of rotatable bonds is 5. The molecule has 9 heteroatoms. The van der Waals surface area contributed by atoms with Gasteiger partial charge in [0.1, 0.15) is 17.5 Å². The summed E-state index contributed by atoms with van der Waals surface area (Å²) in [6.07, 6.45) is 1.34. The van der Waals surface area contributed by atoms with Gasteiger partial charge in [-0.2, -0.15) is 5.26 Å². The third kappa shape index (κ3) is 3.67. The van der Waals surface area contributed by atoms with Crippen LogP contribution < -0.4 is 20.5 Å². The Kier molecular flexibility index (Phi) is 4.67. The molecule has 8 nitrogen and oxygen atoms in total. The van der Waals surface area contributed by atoms with Crippen LogP contribution in [0.1, 0.15) is 11.1 Å².